The van der Waals surface area contributed by atoms with Crippen LogP contribution in [-0.4, -0.2) is 15.0 Å². The van der Waals surface area contributed by atoms with Gasteiger partial charge in [-0.3, -0.25) is 4.98 Å². The Morgan fingerprint density at radius 3 is 2.91 bits per heavy atom. The summed E-state index contributed by atoms with van der Waals surface area (Å²) in [5.74, 6) is 0.826. The van der Waals surface area contributed by atoms with Gasteiger partial charge in [0.2, 0.25) is 0 Å². The normalized spacial score (nSPS) is 17.7. The van der Waals surface area contributed by atoms with Crippen LogP contribution in [0.15, 0.2) is 48.9 Å². The second-order valence-corrected chi connectivity index (χ2v) is 5.73. The molecule has 0 bridgehead atoms. The molecule has 0 aliphatic heterocycles. The van der Waals surface area contributed by atoms with E-state index in [-0.39, 0.29) is 0 Å². The highest BCUT2D eigenvalue weighted by Crippen LogP contribution is 2.32. The number of rotatable bonds is 2. The second kappa shape index (κ2) is 5.72. The standard InChI is InChI=1S/C18H18N4/c1-3-8-14-13(6-1)7-2-4-9-15(14)22-18-17-16(20-12-21-18)10-5-11-19-17/h1,3,5-6,8,10-12,15H,2,4,7,9H2,(H,20,21,22). The Morgan fingerprint density at radius 2 is 1.91 bits per heavy atom. The first-order valence-corrected chi connectivity index (χ1v) is 7.82. The molecular formula is C18H18N4. The number of fused-ring (bicyclic) bond motifs is 2. The van der Waals surface area contributed by atoms with Crippen LogP contribution in [0.1, 0.15) is 36.4 Å². The van der Waals surface area contributed by atoms with Gasteiger partial charge in [-0.25, -0.2) is 9.97 Å². The molecule has 22 heavy (non-hydrogen) atoms. The number of hydrogen-bond donors (Lipinski definition) is 1. The predicted octanol–water partition coefficient (Wildman–Crippen LogP) is 3.90. The highest BCUT2D eigenvalue weighted by Gasteiger charge is 2.19. The monoisotopic (exact) mass is 290 g/mol. The maximum absolute atomic E-state index is 4.44. The lowest BCUT2D eigenvalue weighted by Crippen LogP contribution is -2.13. The first kappa shape index (κ1) is 13.2. The Balaban J connectivity index is 1.73. The van der Waals surface area contributed by atoms with Crippen molar-refractivity contribution in [1.82, 2.24) is 15.0 Å². The van der Waals surface area contributed by atoms with E-state index < -0.39 is 0 Å². The van der Waals surface area contributed by atoms with Crippen molar-refractivity contribution in [2.75, 3.05) is 5.32 Å². The molecule has 2 aromatic heterocycles. The number of nitrogens with zero attached hydrogens (tertiary/aromatic N) is 3. The minimum Gasteiger partial charge on any atom is -0.361 e. The zero-order valence-corrected chi connectivity index (χ0v) is 12.4. The summed E-state index contributed by atoms with van der Waals surface area (Å²) in [5.41, 5.74) is 4.56. The van der Waals surface area contributed by atoms with Gasteiger partial charge in [0.05, 0.1) is 11.6 Å². The molecular weight excluding hydrogens is 272 g/mol. The van der Waals surface area contributed by atoms with E-state index in [0.29, 0.717) is 6.04 Å². The molecule has 0 amide bonds. The maximum Gasteiger partial charge on any atom is 0.156 e. The quantitative estimate of drug-likeness (QED) is 0.727. The number of anilines is 1. The summed E-state index contributed by atoms with van der Waals surface area (Å²) < 4.78 is 0. The van der Waals surface area contributed by atoms with E-state index in [4.69, 9.17) is 0 Å². The van der Waals surface area contributed by atoms with Crippen LogP contribution in [0.4, 0.5) is 5.82 Å². The Morgan fingerprint density at radius 1 is 0.955 bits per heavy atom. The van der Waals surface area contributed by atoms with E-state index in [2.05, 4.69) is 44.5 Å². The molecule has 0 fully saturated rings. The number of benzene rings is 1. The van der Waals surface area contributed by atoms with E-state index in [9.17, 15) is 0 Å². The molecule has 110 valence electrons. The molecule has 0 radical (unpaired) electrons. The van der Waals surface area contributed by atoms with Crippen molar-refractivity contribution in [1.29, 1.82) is 0 Å². The Bertz CT molecular complexity index is 794. The van der Waals surface area contributed by atoms with Crippen LogP contribution >= 0.6 is 0 Å². The van der Waals surface area contributed by atoms with Gasteiger partial charge in [0.1, 0.15) is 11.8 Å². The number of nitrogens with one attached hydrogen (secondary N) is 1. The lowest BCUT2D eigenvalue weighted by molar-refractivity contribution is 0.642. The van der Waals surface area contributed by atoms with Crippen LogP contribution in [0.5, 0.6) is 0 Å². The maximum atomic E-state index is 4.44. The van der Waals surface area contributed by atoms with Crippen LogP contribution in [0.2, 0.25) is 0 Å². The van der Waals surface area contributed by atoms with E-state index in [1.807, 2.05) is 12.1 Å². The molecule has 0 saturated heterocycles. The van der Waals surface area contributed by atoms with Crippen LogP contribution in [0.25, 0.3) is 11.0 Å². The molecule has 0 saturated carbocycles. The minimum atomic E-state index is 0.291. The molecule has 4 rings (SSSR count). The van der Waals surface area contributed by atoms with Gasteiger partial charge in [0.15, 0.2) is 5.82 Å². The zero-order valence-electron chi connectivity index (χ0n) is 12.4. The van der Waals surface area contributed by atoms with Crippen molar-refractivity contribution < 1.29 is 0 Å². The zero-order chi connectivity index (χ0) is 14.8. The summed E-state index contributed by atoms with van der Waals surface area (Å²) in [4.78, 5) is 13.1. The fraction of sp³-hybridized carbons (Fsp3) is 0.278. The van der Waals surface area contributed by atoms with E-state index >= 15 is 0 Å². The third-order valence-corrected chi connectivity index (χ3v) is 4.32. The van der Waals surface area contributed by atoms with Gasteiger partial charge in [-0.15, -0.1) is 0 Å². The van der Waals surface area contributed by atoms with E-state index in [1.165, 1.54) is 24.0 Å². The number of aromatic nitrogens is 3. The second-order valence-electron chi connectivity index (χ2n) is 5.73. The van der Waals surface area contributed by atoms with Crippen molar-refractivity contribution in [3.05, 3.63) is 60.0 Å². The van der Waals surface area contributed by atoms with Gasteiger partial charge >= 0.3 is 0 Å². The highest BCUT2D eigenvalue weighted by atomic mass is 15.1. The molecule has 1 aromatic carbocycles. The molecule has 1 aliphatic carbocycles. The van der Waals surface area contributed by atoms with Gasteiger partial charge in [-0.05, 0) is 42.5 Å². The molecule has 1 unspecified atom stereocenters. The minimum absolute atomic E-state index is 0.291. The van der Waals surface area contributed by atoms with Gasteiger partial charge < -0.3 is 5.32 Å². The molecule has 4 heteroatoms. The van der Waals surface area contributed by atoms with E-state index in [0.717, 1.165) is 29.7 Å². The summed E-state index contributed by atoms with van der Waals surface area (Å²) in [7, 11) is 0. The fourth-order valence-corrected chi connectivity index (χ4v) is 3.24. The number of aryl methyl sites for hydroxylation is 1. The van der Waals surface area contributed by atoms with Crippen LogP contribution in [-0.2, 0) is 6.42 Å². The fourth-order valence-electron chi connectivity index (χ4n) is 3.24. The van der Waals surface area contributed by atoms with E-state index in [1.54, 1.807) is 12.5 Å². The lowest BCUT2D eigenvalue weighted by Gasteiger charge is -2.20. The Kier molecular flexibility index (Phi) is 3.43. The lowest BCUT2D eigenvalue weighted by atomic mass is 9.99. The summed E-state index contributed by atoms with van der Waals surface area (Å²) in [6, 6.07) is 12.9. The molecule has 3 aromatic rings. The van der Waals surface area contributed by atoms with Crippen molar-refractivity contribution in [2.24, 2.45) is 0 Å². The molecule has 2 heterocycles. The number of pyridine rings is 1. The summed E-state index contributed by atoms with van der Waals surface area (Å²) >= 11 is 0. The third-order valence-electron chi connectivity index (χ3n) is 4.32. The Hall–Kier alpha value is -2.49. The van der Waals surface area contributed by atoms with Crippen molar-refractivity contribution >= 4 is 16.9 Å². The predicted molar refractivity (Wildman–Crippen MR) is 87.7 cm³/mol. The Labute approximate surface area is 129 Å². The molecule has 1 atom stereocenters. The highest BCUT2D eigenvalue weighted by molar-refractivity contribution is 5.84. The smallest absolute Gasteiger partial charge is 0.156 e. The average molecular weight is 290 g/mol. The van der Waals surface area contributed by atoms with Crippen LogP contribution < -0.4 is 5.32 Å². The van der Waals surface area contributed by atoms with Gasteiger partial charge in [-0.1, -0.05) is 30.7 Å². The largest absolute Gasteiger partial charge is 0.361 e. The first-order valence-electron chi connectivity index (χ1n) is 7.82. The average Bonchev–Trinajstić information content (AvgIpc) is 2.78. The van der Waals surface area contributed by atoms with Gasteiger partial charge in [-0.2, -0.15) is 0 Å². The molecule has 0 spiro atoms. The molecule has 4 nitrogen and oxygen atoms in total. The molecule has 1 aliphatic rings. The molecule has 1 N–H and O–H groups in total. The van der Waals surface area contributed by atoms with Gasteiger partial charge in [0.25, 0.3) is 0 Å². The SMILES string of the molecule is c1ccc2c(c1)CCCCC2Nc1ncnc2cccnc12. The van der Waals surface area contributed by atoms with Crippen molar-refractivity contribution in [3.63, 3.8) is 0 Å². The summed E-state index contributed by atoms with van der Waals surface area (Å²) in [6.45, 7) is 0. The topological polar surface area (TPSA) is 50.7 Å². The van der Waals surface area contributed by atoms with Crippen LogP contribution in [0, 0.1) is 0 Å². The van der Waals surface area contributed by atoms with Gasteiger partial charge in [0, 0.05) is 6.20 Å². The van der Waals surface area contributed by atoms with Crippen molar-refractivity contribution in [2.45, 2.75) is 31.7 Å². The third kappa shape index (κ3) is 2.41. The first-order chi connectivity index (χ1) is 10.9. The van der Waals surface area contributed by atoms with Crippen LogP contribution in [0.3, 0.4) is 0 Å². The summed E-state index contributed by atoms with van der Waals surface area (Å²) in [5, 5.41) is 3.61. The number of hydrogen-bond acceptors (Lipinski definition) is 4. The summed E-state index contributed by atoms with van der Waals surface area (Å²) in [6.07, 6.45) is 8.15. The van der Waals surface area contributed by atoms with Crippen molar-refractivity contribution in [3.8, 4) is 0 Å².